The second kappa shape index (κ2) is 6.71. The van der Waals surface area contributed by atoms with Crippen LogP contribution in [0.1, 0.15) is 25.8 Å². The van der Waals surface area contributed by atoms with Gasteiger partial charge in [-0.1, -0.05) is 31.5 Å². The Morgan fingerprint density at radius 1 is 1.50 bits per heavy atom. The summed E-state index contributed by atoms with van der Waals surface area (Å²) >= 11 is 5.80. The van der Waals surface area contributed by atoms with Crippen molar-refractivity contribution in [1.29, 1.82) is 0 Å². The number of hydrogen-bond acceptors (Lipinski definition) is 3. The third-order valence-corrected chi connectivity index (χ3v) is 3.52. The lowest BCUT2D eigenvalue weighted by atomic mass is 9.92. The van der Waals surface area contributed by atoms with Gasteiger partial charge < -0.3 is 5.32 Å². The molecule has 0 bridgehead atoms. The van der Waals surface area contributed by atoms with Crippen LogP contribution in [0.15, 0.2) is 18.2 Å². The first kappa shape index (κ1) is 14.9. The SMILES string of the molecule is CCC(NC)C(C)Cc1ccc(Cl)cc1[N+](=O)[O-]. The van der Waals surface area contributed by atoms with Crippen molar-refractivity contribution < 1.29 is 4.92 Å². The molecule has 0 aliphatic rings. The molecule has 0 spiro atoms. The van der Waals surface area contributed by atoms with E-state index in [9.17, 15) is 10.1 Å². The molecule has 0 saturated heterocycles. The molecule has 2 atom stereocenters. The monoisotopic (exact) mass is 270 g/mol. The van der Waals surface area contributed by atoms with Crippen LogP contribution in [-0.2, 0) is 6.42 Å². The standard InChI is InChI=1S/C13H19ClN2O2/c1-4-12(15-3)9(2)7-10-5-6-11(14)8-13(10)16(17)18/h5-6,8-9,12,15H,4,7H2,1-3H3. The summed E-state index contributed by atoms with van der Waals surface area (Å²) in [7, 11) is 1.92. The highest BCUT2D eigenvalue weighted by molar-refractivity contribution is 6.30. The summed E-state index contributed by atoms with van der Waals surface area (Å²) in [6.07, 6.45) is 1.67. The predicted octanol–water partition coefficient (Wildman–Crippen LogP) is 3.42. The number of hydrogen-bond donors (Lipinski definition) is 1. The number of nitrogens with zero attached hydrogens (tertiary/aromatic N) is 1. The van der Waals surface area contributed by atoms with Gasteiger partial charge in [0, 0.05) is 22.7 Å². The maximum atomic E-state index is 11.0. The third kappa shape index (κ3) is 3.68. The van der Waals surface area contributed by atoms with Gasteiger partial charge in [-0.2, -0.15) is 0 Å². The van der Waals surface area contributed by atoms with E-state index in [0.29, 0.717) is 23.4 Å². The fraction of sp³-hybridized carbons (Fsp3) is 0.538. The predicted molar refractivity (Wildman–Crippen MR) is 74.1 cm³/mol. The zero-order chi connectivity index (χ0) is 13.7. The van der Waals surface area contributed by atoms with Gasteiger partial charge in [0.1, 0.15) is 0 Å². The Labute approximate surface area is 112 Å². The van der Waals surface area contributed by atoms with E-state index in [1.807, 2.05) is 7.05 Å². The normalized spacial score (nSPS) is 14.2. The molecule has 0 radical (unpaired) electrons. The topological polar surface area (TPSA) is 55.2 Å². The summed E-state index contributed by atoms with van der Waals surface area (Å²) < 4.78 is 0. The summed E-state index contributed by atoms with van der Waals surface area (Å²) in [6.45, 7) is 4.21. The van der Waals surface area contributed by atoms with Crippen molar-refractivity contribution in [2.45, 2.75) is 32.7 Å². The molecular weight excluding hydrogens is 252 g/mol. The summed E-state index contributed by atoms with van der Waals surface area (Å²) in [5.74, 6) is 0.333. The Bertz CT molecular complexity index is 419. The van der Waals surface area contributed by atoms with E-state index in [4.69, 9.17) is 11.6 Å². The molecule has 1 aromatic carbocycles. The number of nitrogens with one attached hydrogen (secondary N) is 1. The van der Waals surface area contributed by atoms with Crippen molar-refractivity contribution in [2.24, 2.45) is 5.92 Å². The van der Waals surface area contributed by atoms with Gasteiger partial charge in [-0.15, -0.1) is 0 Å². The number of benzene rings is 1. The van der Waals surface area contributed by atoms with Crippen LogP contribution in [0.25, 0.3) is 0 Å². The second-order valence-corrected chi connectivity index (χ2v) is 4.95. The summed E-state index contributed by atoms with van der Waals surface area (Å²) in [4.78, 5) is 10.6. The summed E-state index contributed by atoms with van der Waals surface area (Å²) in [5, 5.41) is 14.6. The molecular formula is C13H19ClN2O2. The van der Waals surface area contributed by atoms with Crippen LogP contribution in [0.5, 0.6) is 0 Å². The molecule has 1 aromatic rings. The minimum Gasteiger partial charge on any atom is -0.317 e. The van der Waals surface area contributed by atoms with Crippen molar-refractivity contribution in [3.8, 4) is 0 Å². The number of nitro benzene ring substituents is 1. The highest BCUT2D eigenvalue weighted by Gasteiger charge is 2.20. The molecule has 0 heterocycles. The highest BCUT2D eigenvalue weighted by Crippen LogP contribution is 2.26. The van der Waals surface area contributed by atoms with Crippen LogP contribution in [-0.4, -0.2) is 18.0 Å². The fourth-order valence-corrected chi connectivity index (χ4v) is 2.43. The molecule has 0 saturated carbocycles. The molecule has 5 heteroatoms. The maximum absolute atomic E-state index is 11.0. The molecule has 0 amide bonds. The van der Waals surface area contributed by atoms with Gasteiger partial charge >= 0.3 is 0 Å². The molecule has 0 aliphatic heterocycles. The van der Waals surface area contributed by atoms with Gasteiger partial charge in [-0.05, 0) is 31.9 Å². The van der Waals surface area contributed by atoms with Gasteiger partial charge in [0.15, 0.2) is 0 Å². The van der Waals surface area contributed by atoms with Crippen LogP contribution < -0.4 is 5.32 Å². The lowest BCUT2D eigenvalue weighted by molar-refractivity contribution is -0.385. The lowest BCUT2D eigenvalue weighted by Gasteiger charge is -2.22. The van der Waals surface area contributed by atoms with Crippen LogP contribution in [0.2, 0.25) is 5.02 Å². The van der Waals surface area contributed by atoms with E-state index in [-0.39, 0.29) is 10.6 Å². The molecule has 0 aromatic heterocycles. The van der Waals surface area contributed by atoms with Crippen molar-refractivity contribution in [3.63, 3.8) is 0 Å². The van der Waals surface area contributed by atoms with Crippen molar-refractivity contribution >= 4 is 17.3 Å². The van der Waals surface area contributed by atoms with E-state index >= 15 is 0 Å². The third-order valence-electron chi connectivity index (χ3n) is 3.28. The Kier molecular flexibility index (Phi) is 5.56. The molecule has 0 fully saturated rings. The van der Waals surface area contributed by atoms with E-state index in [1.54, 1.807) is 12.1 Å². The largest absolute Gasteiger partial charge is 0.317 e. The highest BCUT2D eigenvalue weighted by atomic mass is 35.5. The minimum absolute atomic E-state index is 0.111. The van der Waals surface area contributed by atoms with Crippen LogP contribution >= 0.6 is 11.6 Å². The quantitative estimate of drug-likeness (QED) is 0.636. The zero-order valence-electron chi connectivity index (χ0n) is 10.9. The fourth-order valence-electron chi connectivity index (χ4n) is 2.26. The Balaban J connectivity index is 2.93. The maximum Gasteiger partial charge on any atom is 0.274 e. The van der Waals surface area contributed by atoms with Gasteiger partial charge in [0.25, 0.3) is 5.69 Å². The molecule has 2 unspecified atom stereocenters. The van der Waals surface area contributed by atoms with Crippen molar-refractivity contribution in [3.05, 3.63) is 38.9 Å². The first-order valence-electron chi connectivity index (χ1n) is 6.09. The van der Waals surface area contributed by atoms with E-state index < -0.39 is 0 Å². The first-order chi connectivity index (χ1) is 8.49. The zero-order valence-corrected chi connectivity index (χ0v) is 11.7. The molecule has 1 N–H and O–H groups in total. The Hall–Kier alpha value is -1.13. The molecule has 0 aliphatic carbocycles. The van der Waals surface area contributed by atoms with Gasteiger partial charge in [-0.25, -0.2) is 0 Å². The Morgan fingerprint density at radius 2 is 2.17 bits per heavy atom. The molecule has 18 heavy (non-hydrogen) atoms. The van der Waals surface area contributed by atoms with Gasteiger partial charge in [0.2, 0.25) is 0 Å². The van der Waals surface area contributed by atoms with Gasteiger partial charge in [0.05, 0.1) is 4.92 Å². The molecule has 4 nitrogen and oxygen atoms in total. The van der Waals surface area contributed by atoms with E-state index in [2.05, 4.69) is 19.2 Å². The average molecular weight is 271 g/mol. The smallest absolute Gasteiger partial charge is 0.274 e. The number of nitro groups is 1. The first-order valence-corrected chi connectivity index (χ1v) is 6.47. The van der Waals surface area contributed by atoms with E-state index in [0.717, 1.165) is 12.0 Å². The molecule has 100 valence electrons. The molecule has 1 rings (SSSR count). The van der Waals surface area contributed by atoms with E-state index in [1.165, 1.54) is 6.07 Å². The summed E-state index contributed by atoms with van der Waals surface area (Å²) in [6, 6.07) is 5.24. The average Bonchev–Trinajstić information content (AvgIpc) is 2.32. The minimum atomic E-state index is -0.367. The summed E-state index contributed by atoms with van der Waals surface area (Å²) in [5.41, 5.74) is 0.853. The lowest BCUT2D eigenvalue weighted by Crippen LogP contribution is -2.32. The number of rotatable bonds is 6. The van der Waals surface area contributed by atoms with Crippen molar-refractivity contribution in [2.75, 3.05) is 7.05 Å². The van der Waals surface area contributed by atoms with Crippen LogP contribution in [0, 0.1) is 16.0 Å². The van der Waals surface area contributed by atoms with Gasteiger partial charge in [-0.3, -0.25) is 10.1 Å². The second-order valence-electron chi connectivity index (χ2n) is 4.51. The van der Waals surface area contributed by atoms with Crippen LogP contribution in [0.4, 0.5) is 5.69 Å². The van der Waals surface area contributed by atoms with Crippen molar-refractivity contribution in [1.82, 2.24) is 5.32 Å². The Morgan fingerprint density at radius 3 is 2.67 bits per heavy atom. The number of halogens is 1. The van der Waals surface area contributed by atoms with Crippen LogP contribution in [0.3, 0.4) is 0 Å².